The minimum Gasteiger partial charge on any atom is -0.480 e. The third kappa shape index (κ3) is 9.20. The molecule has 156 valence electrons. The molecule has 0 spiro atoms. The van der Waals surface area contributed by atoms with Gasteiger partial charge in [0.1, 0.15) is 18.1 Å². The van der Waals surface area contributed by atoms with Gasteiger partial charge in [0.25, 0.3) is 0 Å². The van der Waals surface area contributed by atoms with E-state index in [0.29, 0.717) is 12.8 Å². The fraction of sp³-hybridized carbons (Fsp3) is 0.750. The number of carbonyl (C=O) groups excluding carboxylic acids is 2. The zero-order chi connectivity index (χ0) is 21.1. The number of hydrogen-bond donors (Lipinski definition) is 7. The van der Waals surface area contributed by atoms with Gasteiger partial charge in [-0.05, 0) is 25.7 Å². The topological polar surface area (TPSA) is 206 Å². The van der Waals surface area contributed by atoms with Gasteiger partial charge in [-0.25, -0.2) is 4.79 Å². The normalized spacial score (nSPS) is 16.3. The van der Waals surface area contributed by atoms with E-state index in [1.54, 1.807) is 6.92 Å². The van der Waals surface area contributed by atoms with Crippen molar-refractivity contribution in [3.63, 3.8) is 0 Å². The van der Waals surface area contributed by atoms with Crippen molar-refractivity contribution in [1.29, 1.82) is 0 Å². The van der Waals surface area contributed by atoms with Crippen LogP contribution in [0.5, 0.6) is 0 Å². The van der Waals surface area contributed by atoms with Crippen LogP contribution in [-0.2, 0) is 14.4 Å². The van der Waals surface area contributed by atoms with Crippen LogP contribution in [0.25, 0.3) is 0 Å². The van der Waals surface area contributed by atoms with E-state index in [1.165, 1.54) is 6.92 Å². The number of nitrogens with two attached hydrogens (primary N) is 3. The summed E-state index contributed by atoms with van der Waals surface area (Å²) in [6.45, 7) is 5.17. The van der Waals surface area contributed by atoms with E-state index in [2.05, 4.69) is 15.6 Å². The zero-order valence-corrected chi connectivity index (χ0v) is 16.0. The van der Waals surface area contributed by atoms with Crippen LogP contribution < -0.4 is 27.8 Å². The maximum atomic E-state index is 12.6. The molecule has 5 atom stereocenters. The molecule has 0 aromatic carbocycles. The molecule has 2 amide bonds. The number of aliphatic imine (C=N–C) groups is 1. The zero-order valence-electron chi connectivity index (χ0n) is 16.0. The van der Waals surface area contributed by atoms with Gasteiger partial charge in [-0.15, -0.1) is 0 Å². The molecular weight excluding hydrogens is 356 g/mol. The largest absolute Gasteiger partial charge is 0.480 e. The highest BCUT2D eigenvalue weighted by molar-refractivity contribution is 5.92. The molecule has 11 nitrogen and oxygen atoms in total. The number of nitrogens with one attached hydrogen (secondary N) is 2. The highest BCUT2D eigenvalue weighted by atomic mass is 16.4. The Morgan fingerprint density at radius 1 is 1.11 bits per heavy atom. The average Bonchev–Trinajstić information content (AvgIpc) is 2.59. The van der Waals surface area contributed by atoms with Gasteiger partial charge >= 0.3 is 5.97 Å². The van der Waals surface area contributed by atoms with Gasteiger partial charge in [0.2, 0.25) is 11.8 Å². The molecule has 0 saturated carbocycles. The molecule has 0 aromatic rings. The number of aliphatic carboxylic acids is 1. The van der Waals surface area contributed by atoms with Crippen LogP contribution >= 0.6 is 0 Å². The molecule has 0 fully saturated rings. The highest BCUT2D eigenvalue weighted by Crippen LogP contribution is 2.10. The number of aliphatic hydroxyl groups is 1. The fourth-order valence-corrected chi connectivity index (χ4v) is 2.19. The van der Waals surface area contributed by atoms with Crippen LogP contribution in [0, 0.1) is 5.92 Å². The van der Waals surface area contributed by atoms with Gasteiger partial charge in [0, 0.05) is 6.54 Å². The first kappa shape index (κ1) is 24.6. The summed E-state index contributed by atoms with van der Waals surface area (Å²) in [6.07, 6.45) is -0.0629. The molecule has 0 aliphatic carbocycles. The standard InChI is InChI=1S/C16H32N6O5/c1-4-8(2)12(22-13(24)11(17)9(3)23)14(25)21-10(15(26)27)6-5-7-20-16(18)19/h8-12,23H,4-7,17H2,1-3H3,(H,21,25)(H,22,24)(H,26,27)(H4,18,19,20). The molecule has 27 heavy (non-hydrogen) atoms. The number of rotatable bonds is 12. The van der Waals surface area contributed by atoms with Crippen LogP contribution in [0.3, 0.4) is 0 Å². The summed E-state index contributed by atoms with van der Waals surface area (Å²) < 4.78 is 0. The van der Waals surface area contributed by atoms with Gasteiger partial charge in [-0.3, -0.25) is 14.6 Å². The van der Waals surface area contributed by atoms with Crippen molar-refractivity contribution in [3.05, 3.63) is 0 Å². The predicted octanol–water partition coefficient (Wildman–Crippen LogP) is -2.15. The molecule has 0 aromatic heterocycles. The molecule has 0 bridgehead atoms. The van der Waals surface area contributed by atoms with Crippen molar-refractivity contribution < 1.29 is 24.6 Å². The van der Waals surface area contributed by atoms with E-state index in [1.807, 2.05) is 6.92 Å². The van der Waals surface area contributed by atoms with Crippen molar-refractivity contribution in [2.45, 2.75) is 64.3 Å². The lowest BCUT2D eigenvalue weighted by molar-refractivity contribution is -0.142. The molecule has 0 saturated heterocycles. The molecule has 0 aliphatic rings. The average molecular weight is 388 g/mol. The Bertz CT molecular complexity index is 535. The monoisotopic (exact) mass is 388 g/mol. The van der Waals surface area contributed by atoms with E-state index in [4.69, 9.17) is 17.2 Å². The van der Waals surface area contributed by atoms with Crippen molar-refractivity contribution in [2.75, 3.05) is 6.54 Å². The summed E-state index contributed by atoms with van der Waals surface area (Å²) >= 11 is 0. The van der Waals surface area contributed by atoms with E-state index in [-0.39, 0.29) is 24.8 Å². The molecule has 10 N–H and O–H groups in total. The summed E-state index contributed by atoms with van der Waals surface area (Å²) in [5.41, 5.74) is 16.0. The minimum absolute atomic E-state index is 0.0973. The first-order valence-corrected chi connectivity index (χ1v) is 8.83. The lowest BCUT2D eigenvalue weighted by Gasteiger charge is -2.27. The fourth-order valence-electron chi connectivity index (χ4n) is 2.19. The number of carbonyl (C=O) groups is 3. The van der Waals surface area contributed by atoms with Gasteiger partial charge in [-0.2, -0.15) is 0 Å². The van der Waals surface area contributed by atoms with E-state index < -0.39 is 42.0 Å². The summed E-state index contributed by atoms with van der Waals surface area (Å²) in [5, 5.41) is 23.7. The van der Waals surface area contributed by atoms with Gasteiger partial charge < -0.3 is 38.0 Å². The minimum atomic E-state index is -1.21. The smallest absolute Gasteiger partial charge is 0.326 e. The predicted molar refractivity (Wildman–Crippen MR) is 101 cm³/mol. The number of guanidine groups is 1. The Morgan fingerprint density at radius 3 is 2.15 bits per heavy atom. The number of carboxylic acids is 1. The van der Waals surface area contributed by atoms with E-state index >= 15 is 0 Å². The molecule has 5 unspecified atom stereocenters. The van der Waals surface area contributed by atoms with Crippen molar-refractivity contribution in [2.24, 2.45) is 28.1 Å². The Kier molecular flexibility index (Phi) is 11.0. The van der Waals surface area contributed by atoms with Crippen molar-refractivity contribution in [1.82, 2.24) is 10.6 Å². The number of carboxylic acid groups (broad SMARTS) is 1. The molecular formula is C16H32N6O5. The Labute approximate surface area is 158 Å². The number of hydrogen-bond acceptors (Lipinski definition) is 6. The maximum Gasteiger partial charge on any atom is 0.326 e. The maximum absolute atomic E-state index is 12.6. The lowest BCUT2D eigenvalue weighted by Crippen LogP contribution is -2.58. The second-order valence-electron chi connectivity index (χ2n) is 6.49. The Hall–Kier alpha value is -2.40. The molecule has 0 rings (SSSR count). The summed E-state index contributed by atoms with van der Waals surface area (Å²) in [7, 11) is 0. The van der Waals surface area contributed by atoms with Crippen molar-refractivity contribution in [3.8, 4) is 0 Å². The number of amides is 2. The van der Waals surface area contributed by atoms with Crippen LogP contribution in [0.15, 0.2) is 4.99 Å². The third-order valence-corrected chi connectivity index (χ3v) is 4.18. The van der Waals surface area contributed by atoms with Crippen LogP contribution in [-0.4, -0.2) is 64.7 Å². The van der Waals surface area contributed by atoms with E-state index in [0.717, 1.165) is 0 Å². The van der Waals surface area contributed by atoms with Crippen LogP contribution in [0.4, 0.5) is 0 Å². The van der Waals surface area contributed by atoms with Gasteiger partial charge in [-0.1, -0.05) is 20.3 Å². The van der Waals surface area contributed by atoms with Crippen LogP contribution in [0.1, 0.15) is 40.0 Å². The molecule has 0 aliphatic heterocycles. The quantitative estimate of drug-likeness (QED) is 0.111. The number of nitrogens with zero attached hydrogens (tertiary/aromatic N) is 1. The number of aliphatic hydroxyl groups excluding tert-OH is 1. The second kappa shape index (κ2) is 12.1. The third-order valence-electron chi connectivity index (χ3n) is 4.18. The first-order valence-electron chi connectivity index (χ1n) is 8.83. The lowest BCUT2D eigenvalue weighted by atomic mass is 9.97. The highest BCUT2D eigenvalue weighted by Gasteiger charge is 2.31. The molecule has 0 radical (unpaired) electrons. The summed E-state index contributed by atoms with van der Waals surface area (Å²) in [6, 6.07) is -3.33. The first-order chi connectivity index (χ1) is 12.5. The summed E-state index contributed by atoms with van der Waals surface area (Å²) in [4.78, 5) is 39.8. The molecule has 11 heteroatoms. The Balaban J connectivity index is 5.04. The summed E-state index contributed by atoms with van der Waals surface area (Å²) in [5.74, 6) is -2.90. The second-order valence-corrected chi connectivity index (χ2v) is 6.49. The van der Waals surface area contributed by atoms with Crippen LogP contribution in [0.2, 0.25) is 0 Å². The SMILES string of the molecule is CCC(C)C(NC(=O)C(N)C(C)O)C(=O)NC(CCCN=C(N)N)C(=O)O. The van der Waals surface area contributed by atoms with Gasteiger partial charge in [0.05, 0.1) is 6.10 Å². The van der Waals surface area contributed by atoms with Gasteiger partial charge in [0.15, 0.2) is 5.96 Å². The molecule has 0 heterocycles. The van der Waals surface area contributed by atoms with E-state index in [9.17, 15) is 24.6 Å². The van der Waals surface area contributed by atoms with Crippen molar-refractivity contribution >= 4 is 23.7 Å². The Morgan fingerprint density at radius 2 is 1.70 bits per heavy atom.